The summed E-state index contributed by atoms with van der Waals surface area (Å²) in [5, 5.41) is 3.70. The minimum absolute atomic E-state index is 0.0459. The van der Waals surface area contributed by atoms with Crippen molar-refractivity contribution in [3.8, 4) is 0 Å². The zero-order chi connectivity index (χ0) is 13.8. The minimum Gasteiger partial charge on any atom is -0.377 e. The fourth-order valence-electron chi connectivity index (χ4n) is 2.83. The normalized spacial score (nSPS) is 27.0. The maximum Gasteiger partial charge on any atom is 0.0746 e. The molecule has 2 atom stereocenters. The van der Waals surface area contributed by atoms with E-state index in [1.807, 2.05) is 0 Å². The Morgan fingerprint density at radius 1 is 1.00 bits per heavy atom. The number of hydrogen-bond acceptors (Lipinski definition) is 2. The van der Waals surface area contributed by atoms with Gasteiger partial charge in [0.15, 0.2) is 0 Å². The van der Waals surface area contributed by atoms with E-state index in [0.29, 0.717) is 11.5 Å². The lowest BCUT2D eigenvalue weighted by Crippen LogP contribution is -2.41. The van der Waals surface area contributed by atoms with E-state index in [1.165, 1.54) is 32.1 Å². The number of rotatable bonds is 4. The summed E-state index contributed by atoms with van der Waals surface area (Å²) in [4.78, 5) is 0. The zero-order valence-corrected chi connectivity index (χ0v) is 13.3. The van der Waals surface area contributed by atoms with E-state index in [1.54, 1.807) is 7.11 Å². The average molecular weight is 255 g/mol. The maximum atomic E-state index is 5.47. The van der Waals surface area contributed by atoms with Crippen LogP contribution in [0.15, 0.2) is 0 Å². The second-order valence-electron chi connectivity index (χ2n) is 7.61. The van der Waals surface area contributed by atoms with Gasteiger partial charge in [-0.05, 0) is 50.9 Å². The van der Waals surface area contributed by atoms with Crippen LogP contribution in [0.25, 0.3) is 0 Å². The summed E-state index contributed by atoms with van der Waals surface area (Å²) < 4.78 is 5.47. The van der Waals surface area contributed by atoms with E-state index in [2.05, 4.69) is 39.9 Å². The molecule has 0 spiro atoms. The van der Waals surface area contributed by atoms with Gasteiger partial charge in [0.05, 0.1) is 5.60 Å². The van der Waals surface area contributed by atoms with Gasteiger partial charge in [-0.15, -0.1) is 0 Å². The van der Waals surface area contributed by atoms with Crippen molar-refractivity contribution >= 4 is 0 Å². The topological polar surface area (TPSA) is 21.3 Å². The van der Waals surface area contributed by atoms with Crippen molar-refractivity contribution in [2.45, 2.75) is 78.4 Å². The fourth-order valence-corrected chi connectivity index (χ4v) is 2.83. The van der Waals surface area contributed by atoms with Gasteiger partial charge in [0.2, 0.25) is 0 Å². The number of nitrogens with one attached hydrogen (secondary N) is 1. The van der Waals surface area contributed by atoms with Crippen molar-refractivity contribution in [2.24, 2.45) is 11.3 Å². The Morgan fingerprint density at radius 2 is 1.67 bits per heavy atom. The van der Waals surface area contributed by atoms with Crippen LogP contribution in [-0.4, -0.2) is 25.3 Å². The molecule has 1 aliphatic rings. The zero-order valence-electron chi connectivity index (χ0n) is 13.3. The Morgan fingerprint density at radius 3 is 2.22 bits per heavy atom. The largest absolute Gasteiger partial charge is 0.377 e. The molecule has 1 saturated carbocycles. The van der Waals surface area contributed by atoms with Gasteiger partial charge in [0.25, 0.3) is 0 Å². The summed E-state index contributed by atoms with van der Waals surface area (Å²) in [6.45, 7) is 12.4. The molecule has 2 unspecified atom stereocenters. The highest BCUT2D eigenvalue weighted by Crippen LogP contribution is 2.36. The molecule has 18 heavy (non-hydrogen) atoms. The summed E-state index contributed by atoms with van der Waals surface area (Å²) in [7, 11) is 1.80. The third-order valence-corrected chi connectivity index (χ3v) is 4.56. The second-order valence-corrected chi connectivity index (χ2v) is 7.61. The quantitative estimate of drug-likeness (QED) is 0.767. The molecule has 0 radical (unpaired) electrons. The van der Waals surface area contributed by atoms with Crippen LogP contribution < -0.4 is 5.32 Å². The standard InChI is InChI=1S/C16H33NO/c1-15(2,3)13-8-7-9-14(11-10-13)17-12-16(4,5)18-6/h13-14,17H,7-12H2,1-6H3. The molecular formula is C16H33NO. The first-order valence-electron chi connectivity index (χ1n) is 7.53. The number of ether oxygens (including phenoxy) is 1. The minimum atomic E-state index is -0.0459. The number of methoxy groups -OCH3 is 1. The molecule has 0 saturated heterocycles. The van der Waals surface area contributed by atoms with Crippen molar-refractivity contribution < 1.29 is 4.74 Å². The van der Waals surface area contributed by atoms with Crippen LogP contribution in [0.2, 0.25) is 0 Å². The monoisotopic (exact) mass is 255 g/mol. The smallest absolute Gasteiger partial charge is 0.0746 e. The summed E-state index contributed by atoms with van der Waals surface area (Å²) in [6.07, 6.45) is 6.78. The Kier molecular flexibility index (Phi) is 5.67. The SMILES string of the molecule is COC(C)(C)CNC1CCCC(C(C)(C)C)CC1. The molecule has 0 bridgehead atoms. The molecule has 1 rings (SSSR count). The van der Waals surface area contributed by atoms with E-state index in [4.69, 9.17) is 4.74 Å². The molecule has 2 heteroatoms. The van der Waals surface area contributed by atoms with Crippen LogP contribution in [-0.2, 0) is 4.74 Å². The van der Waals surface area contributed by atoms with E-state index in [9.17, 15) is 0 Å². The summed E-state index contributed by atoms with van der Waals surface area (Å²) in [5.74, 6) is 0.889. The maximum absolute atomic E-state index is 5.47. The Bertz CT molecular complexity index is 242. The summed E-state index contributed by atoms with van der Waals surface area (Å²) >= 11 is 0. The van der Waals surface area contributed by atoms with E-state index >= 15 is 0 Å². The molecular weight excluding hydrogens is 222 g/mol. The predicted molar refractivity (Wildman–Crippen MR) is 78.9 cm³/mol. The molecule has 0 aromatic heterocycles. The van der Waals surface area contributed by atoms with Gasteiger partial charge in [0.1, 0.15) is 0 Å². The van der Waals surface area contributed by atoms with Gasteiger partial charge in [-0.1, -0.05) is 27.2 Å². The molecule has 0 heterocycles. The van der Waals surface area contributed by atoms with Crippen molar-refractivity contribution in [2.75, 3.05) is 13.7 Å². The molecule has 1 fully saturated rings. The van der Waals surface area contributed by atoms with Gasteiger partial charge in [-0.3, -0.25) is 0 Å². The molecule has 0 aliphatic heterocycles. The first kappa shape index (κ1) is 16.0. The van der Waals surface area contributed by atoms with Gasteiger partial charge in [-0.2, -0.15) is 0 Å². The first-order chi connectivity index (χ1) is 8.24. The third kappa shape index (κ3) is 5.27. The van der Waals surface area contributed by atoms with Crippen LogP contribution in [0, 0.1) is 11.3 Å². The molecule has 0 aromatic carbocycles. The first-order valence-corrected chi connectivity index (χ1v) is 7.53. The molecule has 2 nitrogen and oxygen atoms in total. The molecule has 108 valence electrons. The molecule has 1 N–H and O–H groups in total. The van der Waals surface area contributed by atoms with Crippen LogP contribution in [0.5, 0.6) is 0 Å². The van der Waals surface area contributed by atoms with Gasteiger partial charge in [-0.25, -0.2) is 0 Å². The Hall–Kier alpha value is -0.0800. The van der Waals surface area contributed by atoms with Gasteiger partial charge in [0, 0.05) is 19.7 Å². The summed E-state index contributed by atoms with van der Waals surface area (Å²) in [5.41, 5.74) is 0.427. The van der Waals surface area contributed by atoms with Crippen LogP contribution in [0.3, 0.4) is 0 Å². The number of hydrogen-bond donors (Lipinski definition) is 1. The fraction of sp³-hybridized carbons (Fsp3) is 1.00. The lowest BCUT2D eigenvalue weighted by atomic mass is 9.76. The molecule has 0 aromatic rings. The Balaban J connectivity index is 2.38. The van der Waals surface area contributed by atoms with Crippen molar-refractivity contribution in [3.05, 3.63) is 0 Å². The predicted octanol–water partition coefficient (Wildman–Crippen LogP) is 4.00. The van der Waals surface area contributed by atoms with Crippen LogP contribution in [0.1, 0.15) is 66.7 Å². The second kappa shape index (κ2) is 6.38. The highest BCUT2D eigenvalue weighted by Gasteiger charge is 2.28. The Labute approximate surface area is 114 Å². The van der Waals surface area contributed by atoms with E-state index in [0.717, 1.165) is 12.5 Å². The summed E-state index contributed by atoms with van der Waals surface area (Å²) in [6, 6.07) is 0.687. The average Bonchev–Trinajstić information content (AvgIpc) is 2.51. The third-order valence-electron chi connectivity index (χ3n) is 4.56. The van der Waals surface area contributed by atoms with E-state index < -0.39 is 0 Å². The van der Waals surface area contributed by atoms with Gasteiger partial charge >= 0.3 is 0 Å². The van der Waals surface area contributed by atoms with E-state index in [-0.39, 0.29) is 5.60 Å². The van der Waals surface area contributed by atoms with Crippen LogP contribution in [0.4, 0.5) is 0 Å². The highest BCUT2D eigenvalue weighted by molar-refractivity contribution is 4.82. The molecule has 0 amide bonds. The lowest BCUT2D eigenvalue weighted by Gasteiger charge is -2.30. The van der Waals surface area contributed by atoms with Gasteiger partial charge < -0.3 is 10.1 Å². The van der Waals surface area contributed by atoms with Crippen molar-refractivity contribution in [1.29, 1.82) is 0 Å². The van der Waals surface area contributed by atoms with Crippen molar-refractivity contribution in [1.82, 2.24) is 5.32 Å². The van der Waals surface area contributed by atoms with Crippen molar-refractivity contribution in [3.63, 3.8) is 0 Å². The van der Waals surface area contributed by atoms with Crippen LogP contribution >= 0.6 is 0 Å². The molecule has 1 aliphatic carbocycles. The highest BCUT2D eigenvalue weighted by atomic mass is 16.5. The lowest BCUT2D eigenvalue weighted by molar-refractivity contribution is 0.0206.